The fourth-order valence-electron chi connectivity index (χ4n) is 1.43. The van der Waals surface area contributed by atoms with Crippen LogP contribution in [0.5, 0.6) is 0 Å². The molecule has 18 heavy (non-hydrogen) atoms. The van der Waals surface area contributed by atoms with Crippen molar-refractivity contribution in [1.29, 1.82) is 0 Å². The first-order chi connectivity index (χ1) is 8.49. The standard InChI is InChI=1S/C12H11ClN2O2S/c1-9-8-14-6-5-12(9)15-18(16,17)11-4-2-3-10(13)7-11/h2-8H,1H3,(H,14,15). The molecule has 0 aliphatic rings. The fourth-order valence-corrected chi connectivity index (χ4v) is 2.86. The van der Waals surface area contributed by atoms with Crippen molar-refractivity contribution in [3.05, 3.63) is 53.3 Å². The highest BCUT2D eigenvalue weighted by molar-refractivity contribution is 7.92. The van der Waals surface area contributed by atoms with Gasteiger partial charge in [-0.05, 0) is 36.8 Å². The molecule has 1 aromatic carbocycles. The Hall–Kier alpha value is -1.59. The Morgan fingerprint density at radius 1 is 1.28 bits per heavy atom. The number of pyridine rings is 1. The van der Waals surface area contributed by atoms with Crippen LogP contribution in [-0.4, -0.2) is 13.4 Å². The maximum Gasteiger partial charge on any atom is 0.261 e. The third-order valence-electron chi connectivity index (χ3n) is 2.37. The van der Waals surface area contributed by atoms with Gasteiger partial charge in [-0.2, -0.15) is 0 Å². The SMILES string of the molecule is Cc1cnccc1NS(=O)(=O)c1cccc(Cl)c1. The second-order valence-electron chi connectivity index (χ2n) is 3.75. The third-order valence-corrected chi connectivity index (χ3v) is 3.97. The summed E-state index contributed by atoms with van der Waals surface area (Å²) in [6.45, 7) is 1.78. The lowest BCUT2D eigenvalue weighted by atomic mass is 10.3. The van der Waals surface area contributed by atoms with Gasteiger partial charge >= 0.3 is 0 Å². The molecule has 1 N–H and O–H groups in total. The predicted molar refractivity (Wildman–Crippen MR) is 71.2 cm³/mol. The Balaban J connectivity index is 2.37. The smallest absolute Gasteiger partial charge is 0.261 e. The third kappa shape index (κ3) is 2.80. The van der Waals surface area contributed by atoms with Crippen LogP contribution in [0.4, 0.5) is 5.69 Å². The van der Waals surface area contributed by atoms with Gasteiger partial charge in [0, 0.05) is 17.4 Å². The van der Waals surface area contributed by atoms with E-state index in [1.807, 2.05) is 0 Å². The molecule has 94 valence electrons. The van der Waals surface area contributed by atoms with E-state index in [9.17, 15) is 8.42 Å². The Bertz CT molecular complexity index is 671. The minimum Gasteiger partial charge on any atom is -0.279 e. The lowest BCUT2D eigenvalue weighted by Gasteiger charge is -2.10. The molecule has 0 aliphatic carbocycles. The zero-order valence-electron chi connectivity index (χ0n) is 9.59. The Morgan fingerprint density at radius 2 is 2.06 bits per heavy atom. The molecule has 0 bridgehead atoms. The van der Waals surface area contributed by atoms with Crippen LogP contribution >= 0.6 is 11.6 Å². The summed E-state index contributed by atoms with van der Waals surface area (Å²) in [7, 11) is -3.62. The average molecular weight is 283 g/mol. The number of hydrogen-bond acceptors (Lipinski definition) is 3. The zero-order valence-corrected chi connectivity index (χ0v) is 11.2. The predicted octanol–water partition coefficient (Wildman–Crippen LogP) is 2.84. The quantitative estimate of drug-likeness (QED) is 0.942. The monoisotopic (exact) mass is 282 g/mol. The molecular formula is C12H11ClN2O2S. The molecule has 0 spiro atoms. The second-order valence-corrected chi connectivity index (χ2v) is 5.87. The van der Waals surface area contributed by atoms with Gasteiger partial charge in [0.05, 0.1) is 10.6 Å². The van der Waals surface area contributed by atoms with E-state index >= 15 is 0 Å². The summed E-state index contributed by atoms with van der Waals surface area (Å²) in [5.74, 6) is 0. The fraction of sp³-hybridized carbons (Fsp3) is 0.0833. The Morgan fingerprint density at radius 3 is 2.72 bits per heavy atom. The number of aromatic nitrogens is 1. The van der Waals surface area contributed by atoms with Gasteiger partial charge in [-0.3, -0.25) is 9.71 Å². The van der Waals surface area contributed by atoms with E-state index in [0.717, 1.165) is 5.56 Å². The van der Waals surface area contributed by atoms with Crippen LogP contribution < -0.4 is 4.72 Å². The topological polar surface area (TPSA) is 59.1 Å². The van der Waals surface area contributed by atoms with E-state index in [1.165, 1.54) is 18.3 Å². The number of hydrogen-bond donors (Lipinski definition) is 1. The molecule has 1 aromatic heterocycles. The zero-order chi connectivity index (χ0) is 13.2. The molecule has 0 fully saturated rings. The van der Waals surface area contributed by atoms with Gasteiger partial charge in [-0.15, -0.1) is 0 Å². The number of aryl methyl sites for hydroxylation is 1. The molecule has 6 heteroatoms. The second kappa shape index (κ2) is 4.96. The highest BCUT2D eigenvalue weighted by Crippen LogP contribution is 2.20. The van der Waals surface area contributed by atoms with Crippen LogP contribution in [0.1, 0.15) is 5.56 Å². The first-order valence-electron chi connectivity index (χ1n) is 5.18. The summed E-state index contributed by atoms with van der Waals surface area (Å²) in [4.78, 5) is 4.04. The molecule has 0 saturated carbocycles. The number of benzene rings is 1. The Labute approximate surface area is 111 Å². The molecule has 2 rings (SSSR count). The molecule has 0 amide bonds. The van der Waals surface area contributed by atoms with Crippen LogP contribution in [0, 0.1) is 6.92 Å². The summed E-state index contributed by atoms with van der Waals surface area (Å²) in [6.07, 6.45) is 3.12. The van der Waals surface area contributed by atoms with Crippen LogP contribution in [-0.2, 0) is 10.0 Å². The number of rotatable bonds is 3. The van der Waals surface area contributed by atoms with E-state index in [0.29, 0.717) is 10.7 Å². The van der Waals surface area contributed by atoms with E-state index in [-0.39, 0.29) is 4.90 Å². The molecule has 0 atom stereocenters. The van der Waals surface area contributed by atoms with Crippen LogP contribution in [0.15, 0.2) is 47.6 Å². The van der Waals surface area contributed by atoms with E-state index in [4.69, 9.17) is 11.6 Å². The summed E-state index contributed by atoms with van der Waals surface area (Å²) >= 11 is 5.78. The summed E-state index contributed by atoms with van der Waals surface area (Å²) in [5, 5.41) is 0.379. The average Bonchev–Trinajstić information content (AvgIpc) is 2.32. The number of nitrogens with zero attached hydrogens (tertiary/aromatic N) is 1. The number of halogens is 1. The summed E-state index contributed by atoms with van der Waals surface area (Å²) < 4.78 is 26.7. The summed E-state index contributed by atoms with van der Waals surface area (Å²) in [5.41, 5.74) is 1.26. The molecule has 0 unspecified atom stereocenters. The van der Waals surface area contributed by atoms with Gasteiger partial charge in [-0.1, -0.05) is 17.7 Å². The van der Waals surface area contributed by atoms with Crippen molar-refractivity contribution < 1.29 is 8.42 Å². The van der Waals surface area contributed by atoms with Gasteiger partial charge in [0.15, 0.2) is 0 Å². The number of sulfonamides is 1. The van der Waals surface area contributed by atoms with Gasteiger partial charge in [0.2, 0.25) is 0 Å². The van der Waals surface area contributed by atoms with Gasteiger partial charge in [0.25, 0.3) is 10.0 Å². The van der Waals surface area contributed by atoms with Gasteiger partial charge in [-0.25, -0.2) is 8.42 Å². The van der Waals surface area contributed by atoms with Crippen LogP contribution in [0.3, 0.4) is 0 Å². The molecule has 0 aliphatic heterocycles. The molecular weight excluding hydrogens is 272 g/mol. The first kappa shape index (κ1) is 12.9. The van der Waals surface area contributed by atoms with Gasteiger partial charge < -0.3 is 0 Å². The normalized spacial score (nSPS) is 11.2. The van der Waals surface area contributed by atoms with Crippen molar-refractivity contribution >= 4 is 27.3 Å². The van der Waals surface area contributed by atoms with Gasteiger partial charge in [0.1, 0.15) is 0 Å². The van der Waals surface area contributed by atoms with E-state index in [2.05, 4.69) is 9.71 Å². The van der Waals surface area contributed by atoms with Crippen LogP contribution in [0.2, 0.25) is 5.02 Å². The van der Waals surface area contributed by atoms with Crippen molar-refractivity contribution in [2.75, 3.05) is 4.72 Å². The highest BCUT2D eigenvalue weighted by atomic mass is 35.5. The minimum absolute atomic E-state index is 0.131. The van der Waals surface area contributed by atoms with E-state index in [1.54, 1.807) is 31.3 Å². The number of anilines is 1. The van der Waals surface area contributed by atoms with Crippen molar-refractivity contribution in [3.8, 4) is 0 Å². The molecule has 1 heterocycles. The first-order valence-corrected chi connectivity index (χ1v) is 7.04. The maximum absolute atomic E-state index is 12.1. The number of nitrogens with one attached hydrogen (secondary N) is 1. The Kier molecular flexibility index (Phi) is 3.54. The van der Waals surface area contributed by atoms with Crippen molar-refractivity contribution in [2.45, 2.75) is 11.8 Å². The van der Waals surface area contributed by atoms with Crippen molar-refractivity contribution in [2.24, 2.45) is 0 Å². The minimum atomic E-state index is -3.62. The lowest BCUT2D eigenvalue weighted by Crippen LogP contribution is -2.13. The summed E-state index contributed by atoms with van der Waals surface area (Å²) in [6, 6.07) is 7.72. The van der Waals surface area contributed by atoms with Crippen molar-refractivity contribution in [1.82, 2.24) is 4.98 Å². The molecule has 2 aromatic rings. The lowest BCUT2D eigenvalue weighted by molar-refractivity contribution is 0.601. The molecule has 4 nitrogen and oxygen atoms in total. The van der Waals surface area contributed by atoms with Crippen molar-refractivity contribution in [3.63, 3.8) is 0 Å². The molecule has 0 saturated heterocycles. The maximum atomic E-state index is 12.1. The largest absolute Gasteiger partial charge is 0.279 e. The highest BCUT2D eigenvalue weighted by Gasteiger charge is 2.15. The van der Waals surface area contributed by atoms with Crippen LogP contribution in [0.25, 0.3) is 0 Å². The van der Waals surface area contributed by atoms with E-state index < -0.39 is 10.0 Å². The molecule has 0 radical (unpaired) electrons.